The largest absolute Gasteiger partial charge is 0.480 e. The lowest BCUT2D eigenvalue weighted by Crippen LogP contribution is -2.70. The number of fused-ring (bicyclic) bond motifs is 1. The van der Waals surface area contributed by atoms with E-state index in [-0.39, 0.29) is 43.9 Å². The van der Waals surface area contributed by atoms with Gasteiger partial charge in [-0.25, -0.2) is 4.79 Å². The van der Waals surface area contributed by atoms with Crippen LogP contribution in [-0.4, -0.2) is 159 Å². The van der Waals surface area contributed by atoms with Gasteiger partial charge in [0.15, 0.2) is 6.04 Å². The molecular weight excluding hydrogens is 1010 g/mol. The molecule has 0 unspecified atom stereocenters. The third-order valence-electron chi connectivity index (χ3n) is 12.6. The number of carboxylic acid groups (broad SMARTS) is 1. The van der Waals surface area contributed by atoms with Crippen molar-refractivity contribution in [3.8, 4) is 0 Å². The van der Waals surface area contributed by atoms with Crippen LogP contribution in [0.4, 0.5) is 0 Å². The van der Waals surface area contributed by atoms with Gasteiger partial charge in [-0.05, 0) is 79.9 Å². The number of nitrogens with one attached hydrogen (secondary N) is 9. The van der Waals surface area contributed by atoms with Gasteiger partial charge in [0, 0.05) is 29.9 Å². The highest BCUT2D eigenvalue weighted by atomic mass is 32.2. The van der Waals surface area contributed by atoms with E-state index in [0.717, 1.165) is 10.9 Å². The van der Waals surface area contributed by atoms with Crippen molar-refractivity contribution in [2.45, 2.75) is 168 Å². The average Bonchev–Trinajstić information content (AvgIpc) is 3.76. The number of quaternary nitrogens is 1. The second-order valence-electron chi connectivity index (χ2n) is 20.5. The second kappa shape index (κ2) is 32.3. The van der Waals surface area contributed by atoms with Crippen LogP contribution in [0.25, 0.3) is 10.9 Å². The number of amides is 9. The summed E-state index contributed by atoms with van der Waals surface area (Å²) >= 11 is 1.39. The molecule has 1 aromatic heterocycles. The Balaban J connectivity index is 2.55. The van der Waals surface area contributed by atoms with Crippen LogP contribution in [0.5, 0.6) is 0 Å². The van der Waals surface area contributed by atoms with Gasteiger partial charge in [-0.3, -0.25) is 43.2 Å². The number of rotatable bonds is 34. The van der Waals surface area contributed by atoms with Crippen LogP contribution in [0.3, 0.4) is 0 Å². The molecule has 1 heterocycles. The number of hydrogen-bond acceptors (Lipinski definition) is 13. The number of aromatic amines is 1. The van der Waals surface area contributed by atoms with Gasteiger partial charge >= 0.3 is 5.97 Å². The number of nitrogens with two attached hydrogens (primary N) is 1. The normalized spacial score (nSPS) is 15.8. The second-order valence-corrected chi connectivity index (χ2v) is 21.4. The highest BCUT2D eigenvalue weighted by Gasteiger charge is 2.38. The summed E-state index contributed by atoms with van der Waals surface area (Å²) in [5, 5.41) is 51.6. The van der Waals surface area contributed by atoms with Crippen molar-refractivity contribution in [2.24, 2.45) is 29.4 Å². The first-order valence-corrected chi connectivity index (χ1v) is 27.1. The molecule has 0 aliphatic carbocycles. The quantitative estimate of drug-likeness (QED) is 0.0378. The minimum Gasteiger partial charge on any atom is -0.480 e. The van der Waals surface area contributed by atoms with Crippen molar-refractivity contribution in [1.29, 1.82) is 0 Å². The van der Waals surface area contributed by atoms with Crippen molar-refractivity contribution in [3.63, 3.8) is 0 Å². The molecule has 0 fully saturated rings. The first-order chi connectivity index (χ1) is 35.6. The van der Waals surface area contributed by atoms with Gasteiger partial charge in [0.25, 0.3) is 5.91 Å². The summed E-state index contributed by atoms with van der Waals surface area (Å²) in [7, 11) is 0. The fourth-order valence-electron chi connectivity index (χ4n) is 8.02. The Morgan fingerprint density at radius 1 is 0.632 bits per heavy atom. The van der Waals surface area contributed by atoms with E-state index in [9.17, 15) is 63.3 Å². The Morgan fingerprint density at radius 3 is 1.61 bits per heavy atom. The van der Waals surface area contributed by atoms with E-state index in [2.05, 4.69) is 53.3 Å². The predicted molar refractivity (Wildman–Crippen MR) is 285 cm³/mol. The summed E-state index contributed by atoms with van der Waals surface area (Å²) in [5.41, 5.74) is 10.3. The fraction of sp³-hybridized carbons (Fsp3) is 0.647. The number of primary amides is 1. The zero-order valence-corrected chi connectivity index (χ0v) is 46.3. The number of aliphatic carboxylic acids is 1. The molecule has 0 aliphatic heterocycles. The Kier molecular flexibility index (Phi) is 28.0. The molecule has 0 radical (unpaired) electrons. The van der Waals surface area contributed by atoms with Crippen LogP contribution in [0.1, 0.15) is 106 Å². The molecule has 25 heteroatoms. The summed E-state index contributed by atoms with van der Waals surface area (Å²) < 4.78 is 0. The highest BCUT2D eigenvalue weighted by molar-refractivity contribution is 7.98. The maximum atomic E-state index is 14.7. The average molecular weight is 1090 g/mol. The molecule has 2 rings (SSSR count). The van der Waals surface area contributed by atoms with E-state index >= 15 is 0 Å². The monoisotopic (exact) mass is 1090 g/mol. The smallest absolute Gasteiger partial charge is 0.326 e. The van der Waals surface area contributed by atoms with Gasteiger partial charge < -0.3 is 74.3 Å². The van der Waals surface area contributed by atoms with Crippen molar-refractivity contribution < 1.29 is 69.0 Å². The number of thioether (sulfide) groups is 1. The molecule has 0 saturated carbocycles. The molecule has 0 spiro atoms. The summed E-state index contributed by atoms with van der Waals surface area (Å²) in [5.74, 6) is -9.75. The van der Waals surface area contributed by atoms with Gasteiger partial charge in [0.2, 0.25) is 47.3 Å². The first kappa shape index (κ1) is 65.8. The molecule has 17 N–H and O–H groups in total. The SMILES string of the molecule is CC[C@H](C)[C@H](NC(=O)[C@H](Cc1c[nH]c2ccccc12)NC(=O)[C@H](CCSC)NC(=O)[C@H](CC(C)C)NC(=O)[C@H](CC(C)C)NC(=O)[C@@H]([NH3+])CO)C(=O)N[C@H](C(=O)N[C@@H](CCC(N)=O)C(=O)N[C@H](C(=O)O)C(C)C)[C@@H](C)O. The van der Waals surface area contributed by atoms with Gasteiger partial charge in [0.1, 0.15) is 54.9 Å². The Hall–Kier alpha value is -6.31. The number of aliphatic hydroxyl groups is 2. The molecule has 11 atom stereocenters. The van der Waals surface area contributed by atoms with Crippen molar-refractivity contribution >= 4 is 81.8 Å². The van der Waals surface area contributed by atoms with Crippen molar-refractivity contribution in [3.05, 3.63) is 36.0 Å². The van der Waals surface area contributed by atoms with E-state index in [4.69, 9.17) is 5.73 Å². The third kappa shape index (κ3) is 21.4. The number of H-pyrrole nitrogens is 1. The highest BCUT2D eigenvalue weighted by Crippen LogP contribution is 2.20. The summed E-state index contributed by atoms with van der Waals surface area (Å²) in [6, 6.07) is -4.72. The maximum Gasteiger partial charge on any atom is 0.326 e. The standard InChI is InChI=1S/C51H83N11O13S/c1-11-28(8)41(49(72)62-42(29(9)64)50(73)56-34(16-17-39(53)65)45(68)60-40(27(6)7)51(74)75)61-48(71)38(22-30-23-54-33-15-13-12-14-31(30)33)59-44(67)35(18-19-76-10)55-46(69)37(21-26(4)5)58-47(70)36(20-25(2)3)57-43(66)32(52)24-63/h12-15,23,25-29,32,34-38,40-42,54,63-64H,11,16-22,24,52H2,1-10H3,(H2,53,65)(H,55,69)(H,56,73)(H,57,66)(H,58,70)(H,59,67)(H,60,68)(H,61,71)(H,62,72)(H,74,75)/p+1/t28-,29+,32-,34-,35-,36-,37-,38-,40-,41-,42-/m0/s1. The lowest BCUT2D eigenvalue weighted by atomic mass is 9.96. The van der Waals surface area contributed by atoms with Crippen LogP contribution in [0, 0.1) is 23.7 Å². The van der Waals surface area contributed by atoms with E-state index in [1.807, 2.05) is 45.9 Å². The first-order valence-electron chi connectivity index (χ1n) is 25.8. The van der Waals surface area contributed by atoms with Crippen molar-refractivity contribution in [2.75, 3.05) is 18.6 Å². The Morgan fingerprint density at radius 2 is 1.09 bits per heavy atom. The lowest BCUT2D eigenvalue weighted by molar-refractivity contribution is -0.409. The minimum absolute atomic E-state index is 0.0598. The van der Waals surface area contributed by atoms with E-state index in [1.165, 1.54) is 18.7 Å². The van der Waals surface area contributed by atoms with Crippen LogP contribution in [0.2, 0.25) is 0 Å². The predicted octanol–water partition coefficient (Wildman–Crippen LogP) is -1.53. The summed E-state index contributed by atoms with van der Waals surface area (Å²) in [4.78, 5) is 138. The van der Waals surface area contributed by atoms with Crippen LogP contribution in [0.15, 0.2) is 30.5 Å². The number of benzene rings is 1. The number of aromatic nitrogens is 1. The zero-order chi connectivity index (χ0) is 57.6. The molecule has 0 aliphatic rings. The number of carbonyl (C=O) groups is 10. The van der Waals surface area contributed by atoms with Gasteiger partial charge in [-0.2, -0.15) is 11.8 Å². The molecule has 2 aromatic rings. The van der Waals surface area contributed by atoms with Crippen molar-refractivity contribution in [1.82, 2.24) is 47.5 Å². The molecule has 9 amide bonds. The van der Waals surface area contributed by atoms with Gasteiger partial charge in [-0.1, -0.05) is 80.0 Å². The fourth-order valence-corrected chi connectivity index (χ4v) is 8.49. The molecule has 426 valence electrons. The minimum atomic E-state index is -1.75. The van der Waals surface area contributed by atoms with Crippen LogP contribution < -0.4 is 54.0 Å². The van der Waals surface area contributed by atoms with Gasteiger partial charge in [-0.15, -0.1) is 0 Å². The number of hydrogen-bond donors (Lipinski definition) is 14. The van der Waals surface area contributed by atoms with E-state index < -0.39 is 144 Å². The summed E-state index contributed by atoms with van der Waals surface area (Å²) in [6.07, 6.45) is 1.75. The van der Waals surface area contributed by atoms with Gasteiger partial charge in [0.05, 0.1) is 6.10 Å². The Bertz CT molecular complexity index is 2290. The number of aliphatic hydroxyl groups excluding tert-OH is 2. The molecule has 1 aromatic carbocycles. The zero-order valence-electron chi connectivity index (χ0n) is 45.5. The molecule has 76 heavy (non-hydrogen) atoms. The maximum absolute atomic E-state index is 14.7. The van der Waals surface area contributed by atoms with E-state index in [1.54, 1.807) is 46.2 Å². The number of carbonyl (C=O) groups excluding carboxylic acids is 9. The molecule has 0 saturated heterocycles. The molecule has 24 nitrogen and oxygen atoms in total. The molecule has 0 bridgehead atoms. The van der Waals surface area contributed by atoms with Crippen LogP contribution >= 0.6 is 11.8 Å². The number of para-hydroxylation sites is 1. The van der Waals surface area contributed by atoms with E-state index in [0.29, 0.717) is 17.7 Å². The molecular formula is C51H84N11O13S+. The third-order valence-corrected chi connectivity index (χ3v) is 13.3. The summed E-state index contributed by atoms with van der Waals surface area (Å²) in [6.45, 7) is 14.5. The Labute approximate surface area is 448 Å². The number of carboxylic acids is 1. The lowest BCUT2D eigenvalue weighted by Gasteiger charge is -2.30. The van der Waals surface area contributed by atoms with Crippen LogP contribution in [-0.2, 0) is 54.4 Å². The topological polar surface area (TPSA) is 397 Å².